The number of urea groups is 1. The summed E-state index contributed by atoms with van der Waals surface area (Å²) in [5, 5.41) is 2.12. The van der Waals surface area contributed by atoms with Crippen molar-refractivity contribution in [2.75, 3.05) is 32.8 Å². The number of hydrogen-bond acceptors (Lipinski definition) is 10. The van der Waals surface area contributed by atoms with E-state index in [4.69, 9.17) is 9.47 Å². The second-order valence-corrected chi connectivity index (χ2v) is 5.69. The average molecular weight is 369 g/mol. The molecular formula is C9H15N5O7S2. The van der Waals surface area contributed by atoms with Gasteiger partial charge in [-0.2, -0.15) is 18.4 Å². The molecule has 1 rings (SSSR count). The molecule has 2 N–H and O–H groups in total. The molecule has 12 nitrogen and oxygen atoms in total. The molecule has 0 bridgehead atoms. The van der Waals surface area contributed by atoms with E-state index in [9.17, 15) is 13.2 Å². The number of anilines is 1. The number of ether oxygens (including phenoxy) is 2. The number of amides is 2. The van der Waals surface area contributed by atoms with E-state index in [1.165, 1.54) is 26.5 Å². The number of nitrogens with zero attached hydrogens (tertiary/aromatic N) is 3. The zero-order valence-electron chi connectivity index (χ0n) is 12.6. The third-order valence-corrected chi connectivity index (χ3v) is 3.46. The fraction of sp³-hybridized carbons (Fsp3) is 0.444. The normalized spacial score (nSPS) is 11.2. The van der Waals surface area contributed by atoms with E-state index < -0.39 is 16.2 Å². The largest absolute Gasteiger partial charge is 0.481 e. The molecule has 14 heteroatoms. The quantitative estimate of drug-likeness (QED) is 0.363. The van der Waals surface area contributed by atoms with Crippen LogP contribution in [-0.2, 0) is 19.5 Å². The van der Waals surface area contributed by atoms with Gasteiger partial charge in [-0.15, -0.1) is 9.32 Å². The Balaban J connectivity index is 2.76. The van der Waals surface area contributed by atoms with Crippen LogP contribution in [0.15, 0.2) is 6.07 Å². The topological polar surface area (TPSA) is 141 Å². The Labute approximate surface area is 136 Å². The summed E-state index contributed by atoms with van der Waals surface area (Å²) in [5.74, 6) is 0.00509. The number of hydroxylamine groups is 1. The molecule has 0 aliphatic rings. The molecule has 0 spiro atoms. The summed E-state index contributed by atoms with van der Waals surface area (Å²) in [5.41, 5.74) is 0. The van der Waals surface area contributed by atoms with Crippen molar-refractivity contribution in [2.24, 2.45) is 0 Å². The first kappa shape index (κ1) is 19.2. The molecule has 0 unspecified atom stereocenters. The second-order valence-electron chi connectivity index (χ2n) is 3.56. The molecule has 2 amide bonds. The maximum Gasteiger partial charge on any atom is 0.336 e. The van der Waals surface area contributed by atoms with Crippen molar-refractivity contribution in [3.63, 3.8) is 0 Å². The van der Waals surface area contributed by atoms with Gasteiger partial charge in [0, 0.05) is 25.3 Å². The minimum Gasteiger partial charge on any atom is -0.481 e. The maximum atomic E-state index is 11.7. The van der Waals surface area contributed by atoms with Crippen LogP contribution in [0.3, 0.4) is 0 Å². The summed E-state index contributed by atoms with van der Waals surface area (Å²) in [4.78, 5) is 23.7. The van der Waals surface area contributed by atoms with E-state index in [-0.39, 0.29) is 17.7 Å². The lowest BCUT2D eigenvalue weighted by molar-refractivity contribution is -0.308. The van der Waals surface area contributed by atoms with Crippen molar-refractivity contribution in [3.05, 3.63) is 6.07 Å². The van der Waals surface area contributed by atoms with E-state index in [2.05, 4.69) is 24.6 Å². The molecule has 1 aromatic rings. The standard InChI is InChI=1S/C9H15N5O7S2/c1-14(20-21-22-4)23(16,17)13-9(15)12-8-10-6(18-2)5-7(11-8)19-3/h5H,1-4H3,(H2,10,11,12,13,15). The monoisotopic (exact) mass is 369 g/mol. The van der Waals surface area contributed by atoms with E-state index in [0.29, 0.717) is 4.47 Å². The minimum absolute atomic E-state index is 0.115. The summed E-state index contributed by atoms with van der Waals surface area (Å²) in [7, 11) is -0.555. The number of carbonyl (C=O) groups is 1. The first-order chi connectivity index (χ1) is 10.8. The third-order valence-electron chi connectivity index (χ3n) is 2.09. The first-order valence-electron chi connectivity index (χ1n) is 5.74. The summed E-state index contributed by atoms with van der Waals surface area (Å²) in [6.45, 7) is 0. The Morgan fingerprint density at radius 2 is 1.83 bits per heavy atom. The van der Waals surface area contributed by atoms with Gasteiger partial charge in [0.25, 0.3) is 0 Å². The maximum absolute atomic E-state index is 11.7. The van der Waals surface area contributed by atoms with Crippen LogP contribution in [0.4, 0.5) is 10.7 Å². The van der Waals surface area contributed by atoms with Gasteiger partial charge in [0.05, 0.1) is 20.3 Å². The Morgan fingerprint density at radius 3 is 2.30 bits per heavy atom. The van der Waals surface area contributed by atoms with Crippen LogP contribution in [0.25, 0.3) is 0 Å². The molecule has 0 aromatic carbocycles. The summed E-state index contributed by atoms with van der Waals surface area (Å²) < 4.78 is 39.6. The van der Waals surface area contributed by atoms with Gasteiger partial charge in [0.2, 0.25) is 17.7 Å². The van der Waals surface area contributed by atoms with Crippen molar-refractivity contribution < 1.29 is 32.0 Å². The van der Waals surface area contributed by atoms with E-state index >= 15 is 0 Å². The summed E-state index contributed by atoms with van der Waals surface area (Å²) in [6.07, 6.45) is 1.51. The fourth-order valence-corrected chi connectivity index (χ4v) is 1.81. The molecule has 23 heavy (non-hydrogen) atoms. The highest BCUT2D eigenvalue weighted by Gasteiger charge is 2.23. The number of nitrogens with one attached hydrogen (secondary N) is 2. The Kier molecular flexibility index (Phi) is 7.24. The SMILES string of the molecule is COc1cc(OC)nc(NC(=O)NS(=O)(=O)N(C)OOSC)n1. The first-order valence-corrected chi connectivity index (χ1v) is 8.33. The van der Waals surface area contributed by atoms with Crippen LogP contribution >= 0.6 is 12.0 Å². The molecule has 1 aromatic heterocycles. The van der Waals surface area contributed by atoms with Gasteiger partial charge in [-0.3, -0.25) is 5.32 Å². The number of methoxy groups -OCH3 is 2. The van der Waals surface area contributed by atoms with Crippen LogP contribution in [0.5, 0.6) is 11.8 Å². The van der Waals surface area contributed by atoms with Crippen LogP contribution in [-0.4, -0.2) is 56.4 Å². The smallest absolute Gasteiger partial charge is 0.336 e. The zero-order valence-corrected chi connectivity index (χ0v) is 14.2. The zero-order chi connectivity index (χ0) is 17.5. The van der Waals surface area contributed by atoms with Gasteiger partial charge in [-0.05, 0) is 4.47 Å². The minimum atomic E-state index is -4.29. The molecular weight excluding hydrogens is 354 g/mol. The lowest BCUT2D eigenvalue weighted by Gasteiger charge is -2.14. The van der Waals surface area contributed by atoms with Crippen molar-refractivity contribution in [3.8, 4) is 11.8 Å². The molecule has 1 heterocycles. The van der Waals surface area contributed by atoms with Gasteiger partial charge in [0.1, 0.15) is 0 Å². The molecule has 0 aliphatic heterocycles. The molecule has 0 atom stereocenters. The van der Waals surface area contributed by atoms with Gasteiger partial charge in [-0.25, -0.2) is 9.52 Å². The molecule has 0 aliphatic carbocycles. The lowest BCUT2D eigenvalue weighted by Crippen LogP contribution is -2.43. The van der Waals surface area contributed by atoms with E-state index in [1.807, 2.05) is 0 Å². The van der Waals surface area contributed by atoms with Crippen molar-refractivity contribution in [1.29, 1.82) is 0 Å². The average Bonchev–Trinajstić information content (AvgIpc) is 2.51. The molecule has 0 radical (unpaired) electrons. The number of rotatable bonds is 8. The Morgan fingerprint density at radius 1 is 1.26 bits per heavy atom. The number of hydrogen-bond donors (Lipinski definition) is 2. The molecule has 0 fully saturated rings. The Bertz CT molecular complexity index is 619. The number of aromatic nitrogens is 2. The van der Waals surface area contributed by atoms with Crippen molar-refractivity contribution >= 4 is 34.2 Å². The van der Waals surface area contributed by atoms with E-state index in [1.54, 1.807) is 4.72 Å². The highest BCUT2D eigenvalue weighted by molar-refractivity contribution is 7.93. The van der Waals surface area contributed by atoms with Crippen LogP contribution in [0.1, 0.15) is 0 Å². The van der Waals surface area contributed by atoms with Crippen LogP contribution < -0.4 is 19.5 Å². The van der Waals surface area contributed by atoms with Gasteiger partial charge >= 0.3 is 16.2 Å². The van der Waals surface area contributed by atoms with Gasteiger partial charge < -0.3 is 9.47 Å². The predicted octanol–water partition coefficient (Wildman–Crippen LogP) is -0.0669. The Hall–Kier alpha value is -1.87. The summed E-state index contributed by atoms with van der Waals surface area (Å²) in [6, 6.07) is 0.251. The highest BCUT2D eigenvalue weighted by atomic mass is 32.2. The molecule has 0 saturated heterocycles. The van der Waals surface area contributed by atoms with E-state index in [0.717, 1.165) is 19.1 Å². The van der Waals surface area contributed by atoms with Crippen molar-refractivity contribution in [1.82, 2.24) is 19.2 Å². The molecule has 130 valence electrons. The lowest BCUT2D eigenvalue weighted by atomic mass is 10.6. The van der Waals surface area contributed by atoms with Crippen molar-refractivity contribution in [2.45, 2.75) is 0 Å². The van der Waals surface area contributed by atoms with Gasteiger partial charge in [-0.1, -0.05) is 0 Å². The predicted molar refractivity (Wildman–Crippen MR) is 79.7 cm³/mol. The third kappa shape index (κ3) is 6.03. The van der Waals surface area contributed by atoms with Gasteiger partial charge in [0.15, 0.2) is 0 Å². The summed E-state index contributed by atoms with van der Waals surface area (Å²) >= 11 is 0.771. The highest BCUT2D eigenvalue weighted by Crippen LogP contribution is 2.17. The number of carbonyl (C=O) groups excluding carboxylic acids is 1. The van der Waals surface area contributed by atoms with Crippen LogP contribution in [0, 0.1) is 0 Å². The fourth-order valence-electron chi connectivity index (χ4n) is 1.09. The second kappa shape index (κ2) is 8.68. The van der Waals surface area contributed by atoms with Crippen LogP contribution in [0.2, 0.25) is 0 Å². The molecule has 0 saturated carbocycles.